The summed E-state index contributed by atoms with van der Waals surface area (Å²) in [7, 11) is 0. The van der Waals surface area contributed by atoms with Gasteiger partial charge in [0.15, 0.2) is 0 Å². The normalized spacial score (nSPS) is 10.6. The van der Waals surface area contributed by atoms with Crippen molar-refractivity contribution in [2.24, 2.45) is 0 Å². The lowest BCUT2D eigenvalue weighted by atomic mass is 10.2. The Balaban J connectivity index is 1.78. The molecule has 2 aromatic rings. The van der Waals surface area contributed by atoms with Gasteiger partial charge in [-0.25, -0.2) is 9.59 Å². The van der Waals surface area contributed by atoms with Crippen molar-refractivity contribution in [1.82, 2.24) is 0 Å². The van der Waals surface area contributed by atoms with E-state index in [0.29, 0.717) is 21.2 Å². The lowest BCUT2D eigenvalue weighted by Crippen LogP contribution is -2.05. The Kier molecular flexibility index (Phi) is 6.85. The van der Waals surface area contributed by atoms with Crippen LogP contribution in [0.5, 0.6) is 0 Å². The summed E-state index contributed by atoms with van der Waals surface area (Å²) < 4.78 is 10.0. The van der Waals surface area contributed by atoms with Crippen LogP contribution < -0.4 is 0 Å². The van der Waals surface area contributed by atoms with Crippen molar-refractivity contribution < 1.29 is 19.1 Å². The lowest BCUT2D eigenvalue weighted by Gasteiger charge is -2.05. The fraction of sp³-hybridized carbons (Fsp3) is 0.111. The zero-order chi connectivity index (χ0) is 17.4. The van der Waals surface area contributed by atoms with Crippen LogP contribution in [0.15, 0.2) is 60.7 Å². The summed E-state index contributed by atoms with van der Waals surface area (Å²) in [4.78, 5) is 23.2. The van der Waals surface area contributed by atoms with Gasteiger partial charge in [0.1, 0.15) is 13.2 Å². The summed E-state index contributed by atoms with van der Waals surface area (Å²) in [6, 6.07) is 14.0. The Morgan fingerprint density at radius 2 is 1.12 bits per heavy atom. The average Bonchev–Trinajstić information content (AvgIpc) is 2.58. The third-order valence-corrected chi connectivity index (χ3v) is 3.75. The summed E-state index contributed by atoms with van der Waals surface area (Å²) in [5, 5.41) is 1.02. The number of esters is 2. The molecule has 0 saturated carbocycles. The average molecular weight is 365 g/mol. The van der Waals surface area contributed by atoms with Crippen molar-refractivity contribution in [3.63, 3.8) is 0 Å². The second kappa shape index (κ2) is 9.11. The second-order valence-corrected chi connectivity index (χ2v) is 5.55. The molecule has 0 aliphatic carbocycles. The van der Waals surface area contributed by atoms with Crippen LogP contribution in [0.25, 0.3) is 0 Å². The molecule has 0 aromatic heterocycles. The van der Waals surface area contributed by atoms with Gasteiger partial charge < -0.3 is 9.47 Å². The molecule has 0 heterocycles. The largest absolute Gasteiger partial charge is 0.458 e. The first-order valence-electron chi connectivity index (χ1n) is 7.04. The van der Waals surface area contributed by atoms with Gasteiger partial charge >= 0.3 is 11.9 Å². The van der Waals surface area contributed by atoms with Crippen LogP contribution in [-0.2, 0) is 32.3 Å². The van der Waals surface area contributed by atoms with E-state index in [-0.39, 0.29) is 13.2 Å². The fourth-order valence-corrected chi connectivity index (χ4v) is 2.14. The van der Waals surface area contributed by atoms with E-state index in [1.54, 1.807) is 48.5 Å². The maximum absolute atomic E-state index is 11.6. The molecule has 0 unspecified atom stereocenters. The number of ether oxygens (including phenoxy) is 2. The van der Waals surface area contributed by atoms with E-state index < -0.39 is 11.9 Å². The monoisotopic (exact) mass is 364 g/mol. The SMILES string of the molecule is O=C(/C=C/C(=O)OCc1ccccc1Cl)OCc1ccccc1Cl. The van der Waals surface area contributed by atoms with Crippen molar-refractivity contribution in [3.8, 4) is 0 Å². The molecule has 24 heavy (non-hydrogen) atoms. The van der Waals surface area contributed by atoms with Crippen LogP contribution in [0.3, 0.4) is 0 Å². The van der Waals surface area contributed by atoms with E-state index in [9.17, 15) is 9.59 Å². The zero-order valence-corrected chi connectivity index (χ0v) is 14.1. The molecule has 0 aliphatic heterocycles. The van der Waals surface area contributed by atoms with Gasteiger partial charge in [-0.1, -0.05) is 59.6 Å². The zero-order valence-electron chi connectivity index (χ0n) is 12.6. The minimum Gasteiger partial charge on any atom is -0.458 e. The lowest BCUT2D eigenvalue weighted by molar-refractivity contribution is -0.141. The van der Waals surface area contributed by atoms with E-state index in [0.717, 1.165) is 12.2 Å². The van der Waals surface area contributed by atoms with Gasteiger partial charge in [-0.2, -0.15) is 0 Å². The van der Waals surface area contributed by atoms with Crippen LogP contribution in [0, 0.1) is 0 Å². The molecule has 0 atom stereocenters. The molecule has 0 amide bonds. The highest BCUT2D eigenvalue weighted by Gasteiger charge is 2.05. The van der Waals surface area contributed by atoms with E-state index in [4.69, 9.17) is 32.7 Å². The van der Waals surface area contributed by atoms with Crippen molar-refractivity contribution in [2.45, 2.75) is 13.2 Å². The Labute approximate surface area is 149 Å². The quantitative estimate of drug-likeness (QED) is 0.565. The minimum absolute atomic E-state index is 0.0253. The molecule has 0 radical (unpaired) electrons. The van der Waals surface area contributed by atoms with Crippen LogP contribution in [-0.4, -0.2) is 11.9 Å². The number of hydrogen-bond acceptors (Lipinski definition) is 4. The third kappa shape index (κ3) is 5.72. The maximum Gasteiger partial charge on any atom is 0.331 e. The van der Waals surface area contributed by atoms with Crippen molar-refractivity contribution in [3.05, 3.63) is 81.9 Å². The first-order valence-corrected chi connectivity index (χ1v) is 7.80. The Bertz CT molecular complexity index is 693. The first kappa shape index (κ1) is 18.0. The third-order valence-electron chi connectivity index (χ3n) is 3.01. The molecule has 0 spiro atoms. The van der Waals surface area contributed by atoms with Gasteiger partial charge in [0.05, 0.1) is 0 Å². The van der Waals surface area contributed by atoms with Gasteiger partial charge in [-0.05, 0) is 12.1 Å². The molecule has 0 N–H and O–H groups in total. The van der Waals surface area contributed by atoms with Crippen molar-refractivity contribution in [1.29, 1.82) is 0 Å². The predicted octanol–water partition coefficient (Wildman–Crippen LogP) is 4.34. The minimum atomic E-state index is -0.662. The summed E-state index contributed by atoms with van der Waals surface area (Å²) >= 11 is 11.9. The van der Waals surface area contributed by atoms with E-state index >= 15 is 0 Å². The fourth-order valence-electron chi connectivity index (χ4n) is 1.76. The molecule has 0 saturated heterocycles. The van der Waals surface area contributed by atoms with Gasteiger partial charge in [-0.3, -0.25) is 0 Å². The van der Waals surface area contributed by atoms with Crippen molar-refractivity contribution >= 4 is 35.1 Å². The summed E-state index contributed by atoms with van der Waals surface area (Å²) in [5.74, 6) is -1.32. The number of rotatable bonds is 6. The Hall–Kier alpha value is -2.30. The van der Waals surface area contributed by atoms with Crippen LogP contribution in [0.2, 0.25) is 10.0 Å². The van der Waals surface area contributed by atoms with E-state index in [1.807, 2.05) is 0 Å². The van der Waals surface area contributed by atoms with Gasteiger partial charge in [0, 0.05) is 33.3 Å². The van der Waals surface area contributed by atoms with E-state index in [2.05, 4.69) is 0 Å². The second-order valence-electron chi connectivity index (χ2n) is 4.73. The van der Waals surface area contributed by atoms with Crippen LogP contribution in [0.1, 0.15) is 11.1 Å². The highest BCUT2D eigenvalue weighted by molar-refractivity contribution is 6.31. The summed E-state index contributed by atoms with van der Waals surface area (Å²) in [6.45, 7) is 0.0506. The van der Waals surface area contributed by atoms with Crippen LogP contribution >= 0.6 is 23.2 Å². The van der Waals surface area contributed by atoms with Crippen molar-refractivity contribution in [2.75, 3.05) is 0 Å². The molecule has 6 heteroatoms. The number of benzene rings is 2. The van der Waals surface area contributed by atoms with Gasteiger partial charge in [0.25, 0.3) is 0 Å². The molecule has 4 nitrogen and oxygen atoms in total. The van der Waals surface area contributed by atoms with Gasteiger partial charge in [0.2, 0.25) is 0 Å². The first-order chi connectivity index (χ1) is 11.6. The molecule has 0 bridgehead atoms. The highest BCUT2D eigenvalue weighted by atomic mass is 35.5. The number of halogens is 2. The highest BCUT2D eigenvalue weighted by Crippen LogP contribution is 2.16. The topological polar surface area (TPSA) is 52.6 Å². The summed E-state index contributed by atoms with van der Waals surface area (Å²) in [6.07, 6.45) is 2.01. The van der Waals surface area contributed by atoms with Gasteiger partial charge in [-0.15, -0.1) is 0 Å². The number of carbonyl (C=O) groups excluding carboxylic acids is 2. The number of hydrogen-bond donors (Lipinski definition) is 0. The Morgan fingerprint density at radius 1 is 0.750 bits per heavy atom. The van der Waals surface area contributed by atoms with E-state index in [1.165, 1.54) is 0 Å². The number of carbonyl (C=O) groups is 2. The molecule has 0 aliphatic rings. The van der Waals surface area contributed by atoms with Crippen LogP contribution in [0.4, 0.5) is 0 Å². The molecular weight excluding hydrogens is 351 g/mol. The molecule has 124 valence electrons. The summed E-state index contributed by atoms with van der Waals surface area (Å²) in [5.41, 5.74) is 1.37. The smallest absolute Gasteiger partial charge is 0.331 e. The standard InChI is InChI=1S/C18H14Cl2O4/c19-15-7-3-1-5-13(15)11-23-17(21)9-10-18(22)24-12-14-6-2-4-8-16(14)20/h1-10H,11-12H2/b10-9+. The molecular formula is C18H14Cl2O4. The molecule has 2 rings (SSSR count). The molecule has 2 aromatic carbocycles. The maximum atomic E-state index is 11.6. The molecule has 0 fully saturated rings. The Morgan fingerprint density at radius 3 is 1.50 bits per heavy atom. The predicted molar refractivity (Wildman–Crippen MR) is 91.6 cm³/mol.